The Morgan fingerprint density at radius 1 is 1.22 bits per heavy atom. The fourth-order valence-corrected chi connectivity index (χ4v) is 3.59. The van der Waals surface area contributed by atoms with Crippen LogP contribution in [0.5, 0.6) is 0 Å². The van der Waals surface area contributed by atoms with E-state index in [-0.39, 0.29) is 5.91 Å². The van der Waals surface area contributed by atoms with Crippen LogP contribution in [0.15, 0.2) is 30.3 Å². The van der Waals surface area contributed by atoms with Crippen molar-refractivity contribution in [2.75, 3.05) is 18.1 Å². The quantitative estimate of drug-likeness (QED) is 0.587. The SMILES string of the molecule is CCOC(=O)c1nc(N(CCc2ccccc2)C(=O)CCC(C)C)sc1C. The maximum Gasteiger partial charge on any atom is 0.358 e. The Labute approximate surface area is 165 Å². The number of aryl methyl sites for hydroxylation is 1. The summed E-state index contributed by atoms with van der Waals surface area (Å²) >= 11 is 1.37. The van der Waals surface area contributed by atoms with Crippen LogP contribution in [0.1, 0.15) is 54.5 Å². The van der Waals surface area contributed by atoms with Crippen molar-refractivity contribution in [1.29, 1.82) is 0 Å². The second-order valence-corrected chi connectivity index (χ2v) is 8.02. The highest BCUT2D eigenvalue weighted by Crippen LogP contribution is 2.27. The highest BCUT2D eigenvalue weighted by Gasteiger charge is 2.23. The zero-order chi connectivity index (χ0) is 19.8. The van der Waals surface area contributed by atoms with E-state index < -0.39 is 5.97 Å². The van der Waals surface area contributed by atoms with Crippen molar-refractivity contribution in [3.63, 3.8) is 0 Å². The Kier molecular flexibility index (Phi) is 7.98. The van der Waals surface area contributed by atoms with E-state index in [4.69, 9.17) is 4.74 Å². The lowest BCUT2D eigenvalue weighted by atomic mass is 10.1. The molecule has 146 valence electrons. The fraction of sp³-hybridized carbons (Fsp3) is 0.476. The molecule has 0 atom stereocenters. The maximum absolute atomic E-state index is 12.9. The number of benzene rings is 1. The molecule has 0 fully saturated rings. The third kappa shape index (κ3) is 6.17. The number of ether oxygens (including phenoxy) is 1. The van der Waals surface area contributed by atoms with Gasteiger partial charge in [-0.3, -0.25) is 9.69 Å². The third-order valence-corrected chi connectivity index (χ3v) is 5.18. The molecule has 0 aliphatic heterocycles. The highest BCUT2D eigenvalue weighted by molar-refractivity contribution is 7.16. The van der Waals surface area contributed by atoms with Gasteiger partial charge in [0.15, 0.2) is 10.8 Å². The van der Waals surface area contributed by atoms with Crippen LogP contribution in [0, 0.1) is 12.8 Å². The molecule has 0 bridgehead atoms. The zero-order valence-corrected chi connectivity index (χ0v) is 17.3. The molecule has 5 nitrogen and oxygen atoms in total. The Bertz CT molecular complexity index is 756. The van der Waals surface area contributed by atoms with Crippen LogP contribution >= 0.6 is 11.3 Å². The summed E-state index contributed by atoms with van der Waals surface area (Å²) in [6, 6.07) is 10.1. The van der Waals surface area contributed by atoms with Gasteiger partial charge in [-0.15, -0.1) is 11.3 Å². The molecular weight excluding hydrogens is 360 g/mol. The van der Waals surface area contributed by atoms with Gasteiger partial charge in [0, 0.05) is 17.8 Å². The number of hydrogen-bond donors (Lipinski definition) is 0. The van der Waals surface area contributed by atoms with Crippen LogP contribution in [0.2, 0.25) is 0 Å². The molecule has 1 aromatic heterocycles. The average Bonchev–Trinajstić information content (AvgIpc) is 3.02. The van der Waals surface area contributed by atoms with Crippen molar-refractivity contribution in [3.8, 4) is 0 Å². The first kappa shape index (κ1) is 21.1. The van der Waals surface area contributed by atoms with Crippen molar-refractivity contribution in [2.24, 2.45) is 5.92 Å². The number of anilines is 1. The van der Waals surface area contributed by atoms with Crippen molar-refractivity contribution in [3.05, 3.63) is 46.5 Å². The standard InChI is InChI=1S/C21H28N2O3S/c1-5-26-20(25)19-16(4)27-21(22-19)23(18(24)12-11-15(2)3)14-13-17-9-7-6-8-10-17/h6-10,15H,5,11-14H2,1-4H3. The van der Waals surface area contributed by atoms with Gasteiger partial charge in [-0.05, 0) is 38.2 Å². The number of rotatable bonds is 9. The van der Waals surface area contributed by atoms with E-state index in [1.807, 2.05) is 37.3 Å². The molecule has 0 aliphatic carbocycles. The number of esters is 1. The van der Waals surface area contributed by atoms with Gasteiger partial charge in [-0.2, -0.15) is 0 Å². The number of carbonyl (C=O) groups excluding carboxylic acids is 2. The minimum atomic E-state index is -0.435. The molecule has 2 aromatic rings. The summed E-state index contributed by atoms with van der Waals surface area (Å²) in [5.41, 5.74) is 1.47. The number of aromatic nitrogens is 1. The number of thiazole rings is 1. The van der Waals surface area contributed by atoms with Gasteiger partial charge in [0.2, 0.25) is 5.91 Å². The van der Waals surface area contributed by atoms with Gasteiger partial charge in [0.25, 0.3) is 0 Å². The van der Waals surface area contributed by atoms with Crippen LogP contribution in [0.25, 0.3) is 0 Å². The molecule has 0 N–H and O–H groups in total. The predicted octanol–water partition coefficient (Wildman–Crippen LogP) is 4.64. The summed E-state index contributed by atoms with van der Waals surface area (Å²) in [7, 11) is 0. The van der Waals surface area contributed by atoms with E-state index in [1.54, 1.807) is 11.8 Å². The molecule has 1 aromatic carbocycles. The summed E-state index contributed by atoms with van der Waals surface area (Å²) in [6.07, 6.45) is 2.04. The van der Waals surface area contributed by atoms with E-state index in [0.717, 1.165) is 23.3 Å². The number of amides is 1. The van der Waals surface area contributed by atoms with Gasteiger partial charge in [0.05, 0.1) is 6.61 Å². The van der Waals surface area contributed by atoms with Gasteiger partial charge >= 0.3 is 5.97 Å². The molecule has 0 spiro atoms. The maximum atomic E-state index is 12.9. The normalized spacial score (nSPS) is 10.9. The summed E-state index contributed by atoms with van der Waals surface area (Å²) in [5, 5.41) is 0.570. The number of hydrogen-bond acceptors (Lipinski definition) is 5. The fourth-order valence-electron chi connectivity index (χ4n) is 2.65. The van der Waals surface area contributed by atoms with Crippen molar-refractivity contribution in [1.82, 2.24) is 4.98 Å². The van der Waals surface area contributed by atoms with E-state index in [2.05, 4.69) is 18.8 Å². The van der Waals surface area contributed by atoms with Crippen molar-refractivity contribution >= 4 is 28.3 Å². The van der Waals surface area contributed by atoms with Crippen LogP contribution in [-0.4, -0.2) is 30.0 Å². The van der Waals surface area contributed by atoms with Gasteiger partial charge in [-0.25, -0.2) is 9.78 Å². The van der Waals surface area contributed by atoms with E-state index in [9.17, 15) is 9.59 Å². The lowest BCUT2D eigenvalue weighted by Crippen LogP contribution is -2.33. The second-order valence-electron chi connectivity index (χ2n) is 6.84. The van der Waals surface area contributed by atoms with Crippen molar-refractivity contribution < 1.29 is 14.3 Å². The predicted molar refractivity (Wildman–Crippen MR) is 109 cm³/mol. The molecule has 27 heavy (non-hydrogen) atoms. The average molecular weight is 389 g/mol. The van der Waals surface area contributed by atoms with Gasteiger partial charge in [0.1, 0.15) is 0 Å². The van der Waals surface area contributed by atoms with Gasteiger partial charge < -0.3 is 4.74 Å². The second kappa shape index (κ2) is 10.2. The Morgan fingerprint density at radius 2 is 1.93 bits per heavy atom. The number of carbonyl (C=O) groups is 2. The third-order valence-electron chi connectivity index (χ3n) is 4.19. The first-order valence-corrected chi connectivity index (χ1v) is 10.2. The lowest BCUT2D eigenvalue weighted by Gasteiger charge is -2.20. The Balaban J connectivity index is 2.21. The summed E-state index contributed by atoms with van der Waals surface area (Å²) in [4.78, 5) is 31.9. The summed E-state index contributed by atoms with van der Waals surface area (Å²) < 4.78 is 5.07. The van der Waals surface area contributed by atoms with E-state index in [0.29, 0.717) is 36.3 Å². The first-order chi connectivity index (χ1) is 12.9. The topological polar surface area (TPSA) is 59.5 Å². The highest BCUT2D eigenvalue weighted by atomic mass is 32.1. The molecule has 2 rings (SSSR count). The van der Waals surface area contributed by atoms with Crippen LogP contribution in [-0.2, 0) is 16.0 Å². The monoisotopic (exact) mass is 388 g/mol. The molecule has 6 heteroatoms. The smallest absolute Gasteiger partial charge is 0.358 e. The molecule has 0 unspecified atom stereocenters. The molecule has 0 aliphatic rings. The molecule has 0 radical (unpaired) electrons. The molecule has 1 heterocycles. The summed E-state index contributed by atoms with van der Waals surface area (Å²) in [5.74, 6) is 0.0666. The Hall–Kier alpha value is -2.21. The molecule has 0 saturated heterocycles. The Morgan fingerprint density at radius 3 is 2.56 bits per heavy atom. The molecule has 0 saturated carbocycles. The van der Waals surface area contributed by atoms with Crippen LogP contribution in [0.3, 0.4) is 0 Å². The van der Waals surface area contributed by atoms with E-state index >= 15 is 0 Å². The zero-order valence-electron chi connectivity index (χ0n) is 16.5. The lowest BCUT2D eigenvalue weighted by molar-refractivity contribution is -0.118. The minimum Gasteiger partial charge on any atom is -0.461 e. The van der Waals surface area contributed by atoms with Crippen LogP contribution < -0.4 is 4.90 Å². The summed E-state index contributed by atoms with van der Waals surface area (Å²) in [6.45, 7) is 8.65. The van der Waals surface area contributed by atoms with Crippen LogP contribution in [0.4, 0.5) is 5.13 Å². The van der Waals surface area contributed by atoms with Crippen molar-refractivity contribution in [2.45, 2.75) is 47.0 Å². The molecule has 1 amide bonds. The number of nitrogens with zero attached hydrogens (tertiary/aromatic N) is 2. The first-order valence-electron chi connectivity index (χ1n) is 9.41. The largest absolute Gasteiger partial charge is 0.461 e. The van der Waals surface area contributed by atoms with Gasteiger partial charge in [-0.1, -0.05) is 44.2 Å². The minimum absolute atomic E-state index is 0.0452. The van der Waals surface area contributed by atoms with E-state index in [1.165, 1.54) is 11.3 Å². The molecular formula is C21H28N2O3S.